The number of hydrogen-bond donors (Lipinski definition) is 1. The van der Waals surface area contributed by atoms with E-state index in [1.165, 1.54) is 4.88 Å². The Morgan fingerprint density at radius 1 is 1.44 bits per heavy atom. The van der Waals surface area contributed by atoms with E-state index in [-0.39, 0.29) is 18.4 Å². The number of aromatic nitrogens is 2. The number of fused-ring (bicyclic) bond motifs is 1. The van der Waals surface area contributed by atoms with Crippen LogP contribution in [0.3, 0.4) is 0 Å². The van der Waals surface area contributed by atoms with E-state index in [0.29, 0.717) is 26.2 Å². The molecule has 1 aliphatic rings. The normalized spacial score (nSPS) is 16.5. The minimum Gasteiger partial charge on any atom is -0.372 e. The second-order valence-corrected chi connectivity index (χ2v) is 6.85. The summed E-state index contributed by atoms with van der Waals surface area (Å²) in [7, 11) is 0. The van der Waals surface area contributed by atoms with Crippen molar-refractivity contribution in [2.45, 2.75) is 25.9 Å². The largest absolute Gasteiger partial charge is 0.372 e. The Morgan fingerprint density at radius 2 is 2.32 bits per heavy atom. The van der Waals surface area contributed by atoms with Crippen molar-refractivity contribution in [3.63, 3.8) is 0 Å². The number of nitrogens with one attached hydrogen (secondary N) is 1. The van der Waals surface area contributed by atoms with Crippen molar-refractivity contribution in [3.05, 3.63) is 40.3 Å². The molecule has 1 aliphatic heterocycles. The molecule has 134 valence electrons. The Labute approximate surface area is 150 Å². The molecular weight excluding hydrogens is 340 g/mol. The van der Waals surface area contributed by atoms with Gasteiger partial charge in [-0.2, -0.15) is 5.10 Å². The van der Waals surface area contributed by atoms with E-state index in [1.807, 2.05) is 24.4 Å². The molecule has 8 heteroatoms. The molecule has 0 saturated carbocycles. The van der Waals surface area contributed by atoms with Gasteiger partial charge in [0.25, 0.3) is 0 Å². The lowest BCUT2D eigenvalue weighted by Gasteiger charge is -2.33. The molecule has 0 fully saturated rings. The Hall–Kier alpha value is -2.19. The summed E-state index contributed by atoms with van der Waals surface area (Å²) in [5.74, 6) is -0.221. The quantitative estimate of drug-likeness (QED) is 0.804. The number of rotatable bonds is 7. The average Bonchev–Trinajstić information content (AvgIpc) is 3.29. The summed E-state index contributed by atoms with van der Waals surface area (Å²) in [5, 5.41) is 9.25. The van der Waals surface area contributed by atoms with Crippen molar-refractivity contribution in [2.24, 2.45) is 0 Å². The fourth-order valence-corrected chi connectivity index (χ4v) is 3.55. The van der Waals surface area contributed by atoms with Crippen LogP contribution in [0, 0.1) is 0 Å². The molecule has 0 aromatic carbocycles. The monoisotopic (exact) mass is 362 g/mol. The Balaban J connectivity index is 1.62. The summed E-state index contributed by atoms with van der Waals surface area (Å²) >= 11 is 1.68. The molecule has 0 bridgehead atoms. The van der Waals surface area contributed by atoms with E-state index >= 15 is 0 Å². The molecule has 1 N–H and O–H groups in total. The number of hydrogen-bond acceptors (Lipinski definition) is 5. The van der Waals surface area contributed by atoms with Crippen LogP contribution in [0.2, 0.25) is 0 Å². The predicted molar refractivity (Wildman–Crippen MR) is 94.2 cm³/mol. The molecule has 3 rings (SSSR count). The number of ether oxygens (including phenoxy) is 1. The van der Waals surface area contributed by atoms with Crippen LogP contribution in [0.5, 0.6) is 0 Å². The van der Waals surface area contributed by atoms with Gasteiger partial charge >= 0.3 is 0 Å². The van der Waals surface area contributed by atoms with Gasteiger partial charge in [0.1, 0.15) is 12.6 Å². The minimum absolute atomic E-state index is 0.0390. The van der Waals surface area contributed by atoms with E-state index in [9.17, 15) is 9.59 Å². The summed E-state index contributed by atoms with van der Waals surface area (Å²) in [4.78, 5) is 27.8. The van der Waals surface area contributed by atoms with Gasteiger partial charge in [0.2, 0.25) is 11.8 Å². The standard InChI is InChI=1S/C17H22N4O3S/c1-2-24-12-16(22)20-10-13-5-8-19-21(13)15(11-20)17(23)18-7-6-14-4-3-9-25-14/h3-5,8-9,15H,2,6-7,10-12H2,1H3,(H,18,23)/t15-/m0/s1. The molecule has 1 atom stereocenters. The maximum atomic E-state index is 12.6. The highest BCUT2D eigenvalue weighted by molar-refractivity contribution is 7.09. The third-order valence-corrected chi connectivity index (χ3v) is 5.07. The van der Waals surface area contributed by atoms with Gasteiger partial charge in [0.15, 0.2) is 0 Å². The molecule has 25 heavy (non-hydrogen) atoms. The van der Waals surface area contributed by atoms with Crippen LogP contribution in [0.15, 0.2) is 29.8 Å². The molecule has 0 aliphatic carbocycles. The van der Waals surface area contributed by atoms with Gasteiger partial charge < -0.3 is 15.0 Å². The Bertz CT molecular complexity index is 713. The van der Waals surface area contributed by atoms with Crippen LogP contribution in [0.4, 0.5) is 0 Å². The SMILES string of the molecule is CCOCC(=O)N1Cc2ccnn2[C@H](C(=O)NCCc2cccs2)C1. The zero-order chi connectivity index (χ0) is 17.6. The Kier molecular flexibility index (Phi) is 5.83. The minimum atomic E-state index is -0.507. The predicted octanol–water partition coefficient (Wildman–Crippen LogP) is 1.22. The fourth-order valence-electron chi connectivity index (χ4n) is 2.84. The number of carbonyl (C=O) groups excluding carboxylic acids is 2. The third-order valence-electron chi connectivity index (χ3n) is 4.13. The molecule has 2 aromatic heterocycles. The third kappa shape index (κ3) is 4.26. The second-order valence-electron chi connectivity index (χ2n) is 5.81. The van der Waals surface area contributed by atoms with Gasteiger partial charge in [0, 0.05) is 24.2 Å². The summed E-state index contributed by atoms with van der Waals surface area (Å²) in [6.45, 7) is 3.71. The van der Waals surface area contributed by atoms with E-state index in [4.69, 9.17) is 4.74 Å². The summed E-state index contributed by atoms with van der Waals surface area (Å²) in [5.41, 5.74) is 0.856. The lowest BCUT2D eigenvalue weighted by molar-refractivity contribution is -0.139. The fraction of sp³-hybridized carbons (Fsp3) is 0.471. The maximum Gasteiger partial charge on any atom is 0.249 e. The topological polar surface area (TPSA) is 76.5 Å². The van der Waals surface area contributed by atoms with Crippen molar-refractivity contribution in [2.75, 3.05) is 26.3 Å². The first-order chi connectivity index (χ1) is 12.2. The highest BCUT2D eigenvalue weighted by Crippen LogP contribution is 2.20. The zero-order valence-corrected chi connectivity index (χ0v) is 15.0. The van der Waals surface area contributed by atoms with Crippen molar-refractivity contribution in [1.82, 2.24) is 20.0 Å². The molecule has 2 amide bonds. The van der Waals surface area contributed by atoms with Gasteiger partial charge in [0.05, 0.1) is 18.8 Å². The molecule has 2 aromatic rings. The highest BCUT2D eigenvalue weighted by atomic mass is 32.1. The molecule has 3 heterocycles. The van der Waals surface area contributed by atoms with Crippen LogP contribution >= 0.6 is 11.3 Å². The summed E-state index contributed by atoms with van der Waals surface area (Å²) in [6.07, 6.45) is 2.47. The van der Waals surface area contributed by atoms with Gasteiger partial charge in [-0.05, 0) is 30.9 Å². The number of thiophene rings is 1. The summed E-state index contributed by atoms with van der Waals surface area (Å²) < 4.78 is 6.92. The first kappa shape index (κ1) is 17.6. The molecule has 0 saturated heterocycles. The molecule has 7 nitrogen and oxygen atoms in total. The van der Waals surface area contributed by atoms with Crippen LogP contribution < -0.4 is 5.32 Å². The lowest BCUT2D eigenvalue weighted by atomic mass is 10.1. The maximum absolute atomic E-state index is 12.6. The van der Waals surface area contributed by atoms with Gasteiger partial charge in [-0.15, -0.1) is 11.3 Å². The number of amides is 2. The van der Waals surface area contributed by atoms with Crippen molar-refractivity contribution in [1.29, 1.82) is 0 Å². The van der Waals surface area contributed by atoms with E-state index in [0.717, 1.165) is 12.1 Å². The van der Waals surface area contributed by atoms with E-state index in [2.05, 4.69) is 16.5 Å². The van der Waals surface area contributed by atoms with Crippen molar-refractivity contribution in [3.8, 4) is 0 Å². The number of carbonyl (C=O) groups is 2. The van der Waals surface area contributed by atoms with E-state index in [1.54, 1.807) is 27.1 Å². The van der Waals surface area contributed by atoms with Gasteiger partial charge in [-0.25, -0.2) is 0 Å². The first-order valence-electron chi connectivity index (χ1n) is 8.37. The average molecular weight is 362 g/mol. The second kappa shape index (κ2) is 8.26. The van der Waals surface area contributed by atoms with E-state index < -0.39 is 6.04 Å². The lowest BCUT2D eigenvalue weighted by Crippen LogP contribution is -2.48. The molecule has 0 unspecified atom stereocenters. The highest BCUT2D eigenvalue weighted by Gasteiger charge is 2.32. The van der Waals surface area contributed by atoms with Crippen molar-refractivity contribution >= 4 is 23.2 Å². The smallest absolute Gasteiger partial charge is 0.249 e. The van der Waals surface area contributed by atoms with Gasteiger partial charge in [-0.3, -0.25) is 14.3 Å². The van der Waals surface area contributed by atoms with Crippen LogP contribution in [0.25, 0.3) is 0 Å². The van der Waals surface area contributed by atoms with Gasteiger partial charge in [-0.1, -0.05) is 6.07 Å². The number of nitrogens with zero attached hydrogens (tertiary/aromatic N) is 3. The first-order valence-corrected chi connectivity index (χ1v) is 9.25. The van der Waals surface area contributed by atoms with Crippen LogP contribution in [0.1, 0.15) is 23.5 Å². The zero-order valence-electron chi connectivity index (χ0n) is 14.2. The molecule has 0 radical (unpaired) electrons. The summed E-state index contributed by atoms with van der Waals surface area (Å²) in [6, 6.07) is 5.39. The van der Waals surface area contributed by atoms with Crippen molar-refractivity contribution < 1.29 is 14.3 Å². The Morgan fingerprint density at radius 3 is 3.08 bits per heavy atom. The molecular formula is C17H22N4O3S. The van der Waals surface area contributed by atoms with Crippen LogP contribution in [-0.4, -0.2) is 52.8 Å². The molecule has 0 spiro atoms. The van der Waals surface area contributed by atoms with Crippen LogP contribution in [-0.2, 0) is 27.3 Å².